The van der Waals surface area contributed by atoms with Crippen LogP contribution in [0.5, 0.6) is 0 Å². The van der Waals surface area contributed by atoms with Gasteiger partial charge in [0, 0.05) is 57.2 Å². The first-order chi connectivity index (χ1) is 17.2. The molecule has 1 aromatic heterocycles. The fraction of sp³-hybridized carbons (Fsp3) is 0.560. The number of piperidine rings is 1. The number of halogens is 3. The number of nitrogens with zero attached hydrogens (tertiary/aromatic N) is 4. The number of methoxy groups -OCH3 is 1. The highest BCUT2D eigenvalue weighted by atomic mass is 19.4. The Bertz CT molecular complexity index is 1060. The lowest BCUT2D eigenvalue weighted by Crippen LogP contribution is -2.54. The third-order valence-electron chi connectivity index (χ3n) is 6.98. The molecule has 1 aromatic carbocycles. The second-order valence-corrected chi connectivity index (χ2v) is 9.26. The second-order valence-electron chi connectivity index (χ2n) is 9.26. The van der Waals surface area contributed by atoms with Gasteiger partial charge in [0.2, 0.25) is 0 Å². The largest absolute Gasteiger partial charge is 0.416 e. The average Bonchev–Trinajstić information content (AvgIpc) is 2.88. The summed E-state index contributed by atoms with van der Waals surface area (Å²) in [5.41, 5.74) is 0.352. The molecule has 2 unspecified atom stereocenters. The highest BCUT2D eigenvalue weighted by Gasteiger charge is 2.32. The number of alkyl halides is 3. The molecule has 0 radical (unpaired) electrons. The van der Waals surface area contributed by atoms with Crippen molar-refractivity contribution < 1.29 is 27.4 Å². The van der Waals surface area contributed by atoms with E-state index in [0.29, 0.717) is 43.4 Å². The van der Waals surface area contributed by atoms with Gasteiger partial charge in [-0.1, -0.05) is 6.07 Å². The van der Waals surface area contributed by atoms with Crippen LogP contribution in [0.15, 0.2) is 30.6 Å². The quantitative estimate of drug-likeness (QED) is 0.641. The number of rotatable bonds is 6. The number of ether oxygens (including phenoxy) is 2. The Morgan fingerprint density at radius 1 is 1.22 bits per heavy atom. The van der Waals surface area contributed by atoms with Gasteiger partial charge in [-0.25, -0.2) is 9.97 Å². The molecule has 4 rings (SSSR count). The molecule has 2 aliphatic heterocycles. The van der Waals surface area contributed by atoms with Gasteiger partial charge in [0.25, 0.3) is 5.91 Å². The van der Waals surface area contributed by atoms with E-state index in [1.165, 1.54) is 12.4 Å². The van der Waals surface area contributed by atoms with Crippen LogP contribution in [0, 0.1) is 6.92 Å². The predicted octanol–water partition coefficient (Wildman–Crippen LogP) is 3.57. The van der Waals surface area contributed by atoms with Gasteiger partial charge >= 0.3 is 6.18 Å². The maximum absolute atomic E-state index is 13.3. The SMILES string of the molecule is COC1COCCC1NC1CCN(C(=O)c2ncnc(N(C)c3cccc(C(F)(F)F)c3)c2C)CC1. The van der Waals surface area contributed by atoms with Crippen LogP contribution in [-0.2, 0) is 15.7 Å². The van der Waals surface area contributed by atoms with Crippen molar-refractivity contribution in [2.24, 2.45) is 0 Å². The number of benzene rings is 1. The minimum absolute atomic E-state index is 0.0225. The van der Waals surface area contributed by atoms with Crippen LogP contribution in [0.2, 0.25) is 0 Å². The summed E-state index contributed by atoms with van der Waals surface area (Å²) in [6, 6.07) is 5.52. The number of nitrogens with one attached hydrogen (secondary N) is 1. The molecule has 0 bridgehead atoms. The fourth-order valence-electron chi connectivity index (χ4n) is 4.84. The van der Waals surface area contributed by atoms with Crippen molar-refractivity contribution in [1.29, 1.82) is 0 Å². The van der Waals surface area contributed by atoms with E-state index in [2.05, 4.69) is 15.3 Å². The zero-order chi connectivity index (χ0) is 25.9. The number of amides is 1. The molecular formula is C25H32F3N5O3. The molecule has 1 amide bonds. The van der Waals surface area contributed by atoms with E-state index in [-0.39, 0.29) is 29.8 Å². The third-order valence-corrected chi connectivity index (χ3v) is 6.98. The van der Waals surface area contributed by atoms with Gasteiger partial charge < -0.3 is 24.6 Å². The molecule has 0 saturated carbocycles. The smallest absolute Gasteiger partial charge is 0.379 e. The van der Waals surface area contributed by atoms with Crippen molar-refractivity contribution >= 4 is 17.4 Å². The Hall–Kier alpha value is -2.76. The molecule has 3 heterocycles. The summed E-state index contributed by atoms with van der Waals surface area (Å²) in [6.07, 6.45) is -0.644. The first kappa shape index (κ1) is 26.3. The molecule has 2 aromatic rings. The van der Waals surface area contributed by atoms with Crippen LogP contribution >= 0.6 is 0 Å². The molecule has 2 fully saturated rings. The van der Waals surface area contributed by atoms with Crippen LogP contribution in [0.25, 0.3) is 0 Å². The average molecular weight is 508 g/mol. The number of carbonyl (C=O) groups excluding carboxylic acids is 1. The van der Waals surface area contributed by atoms with Crippen molar-refractivity contribution in [3.05, 3.63) is 47.4 Å². The fourth-order valence-corrected chi connectivity index (χ4v) is 4.84. The van der Waals surface area contributed by atoms with Gasteiger partial charge in [-0.05, 0) is 44.4 Å². The van der Waals surface area contributed by atoms with Crippen molar-refractivity contribution in [1.82, 2.24) is 20.2 Å². The summed E-state index contributed by atoms with van der Waals surface area (Å²) < 4.78 is 50.6. The Kier molecular flexibility index (Phi) is 8.11. The zero-order valence-electron chi connectivity index (χ0n) is 20.7. The van der Waals surface area contributed by atoms with Crippen LogP contribution < -0.4 is 10.2 Å². The van der Waals surface area contributed by atoms with E-state index in [4.69, 9.17) is 9.47 Å². The minimum Gasteiger partial charge on any atom is -0.379 e. The highest BCUT2D eigenvalue weighted by Crippen LogP contribution is 2.33. The first-order valence-corrected chi connectivity index (χ1v) is 12.1. The van der Waals surface area contributed by atoms with E-state index in [0.717, 1.165) is 31.4 Å². The van der Waals surface area contributed by atoms with Gasteiger partial charge in [0.05, 0.1) is 18.3 Å². The topological polar surface area (TPSA) is 79.8 Å². The standard InChI is InChI=1S/C25H32F3N5O3/c1-16-22(29-15-30-23(16)32(2)19-6-4-5-17(13-19)25(26,27)28)24(34)33-10-7-18(8-11-33)31-20-9-12-36-14-21(20)35-3/h4-6,13,15,18,20-21,31H,7-12,14H2,1-3H3. The zero-order valence-corrected chi connectivity index (χ0v) is 20.7. The minimum atomic E-state index is -4.45. The van der Waals surface area contributed by atoms with E-state index < -0.39 is 11.7 Å². The molecule has 0 spiro atoms. The predicted molar refractivity (Wildman–Crippen MR) is 128 cm³/mol. The van der Waals surface area contributed by atoms with Crippen LogP contribution in [-0.4, -0.2) is 79.4 Å². The summed E-state index contributed by atoms with van der Waals surface area (Å²) in [7, 11) is 3.32. The number of hydrogen-bond acceptors (Lipinski definition) is 7. The molecule has 2 saturated heterocycles. The lowest BCUT2D eigenvalue weighted by Gasteiger charge is -2.38. The van der Waals surface area contributed by atoms with Crippen LogP contribution in [0.3, 0.4) is 0 Å². The maximum Gasteiger partial charge on any atom is 0.416 e. The van der Waals surface area contributed by atoms with Gasteiger partial charge in [-0.3, -0.25) is 4.79 Å². The number of anilines is 2. The lowest BCUT2D eigenvalue weighted by molar-refractivity contribution is -0.137. The summed E-state index contributed by atoms with van der Waals surface area (Å²) in [5, 5.41) is 3.67. The molecule has 11 heteroatoms. The maximum atomic E-state index is 13.3. The summed E-state index contributed by atoms with van der Waals surface area (Å²) in [6.45, 7) is 4.17. The van der Waals surface area contributed by atoms with Crippen molar-refractivity contribution in [2.45, 2.75) is 50.6 Å². The van der Waals surface area contributed by atoms with E-state index in [9.17, 15) is 18.0 Å². The Morgan fingerprint density at radius 2 is 1.97 bits per heavy atom. The van der Waals surface area contributed by atoms with E-state index in [1.807, 2.05) is 0 Å². The lowest BCUT2D eigenvalue weighted by atomic mass is 9.99. The summed E-state index contributed by atoms with van der Waals surface area (Å²) >= 11 is 0. The van der Waals surface area contributed by atoms with Crippen molar-refractivity contribution in [3.8, 4) is 0 Å². The molecule has 2 atom stereocenters. The normalized spacial score (nSPS) is 21.4. The monoisotopic (exact) mass is 507 g/mol. The molecule has 1 N–H and O–H groups in total. The molecular weight excluding hydrogens is 475 g/mol. The Morgan fingerprint density at radius 3 is 2.67 bits per heavy atom. The summed E-state index contributed by atoms with van der Waals surface area (Å²) in [4.78, 5) is 25.1. The second kappa shape index (κ2) is 11.1. The molecule has 8 nitrogen and oxygen atoms in total. The number of carbonyl (C=O) groups is 1. The van der Waals surface area contributed by atoms with Gasteiger partial charge in [-0.2, -0.15) is 13.2 Å². The van der Waals surface area contributed by atoms with Gasteiger partial charge in [0.1, 0.15) is 17.8 Å². The number of likely N-dealkylation sites (tertiary alicyclic amines) is 1. The van der Waals surface area contributed by atoms with Crippen molar-refractivity contribution in [3.63, 3.8) is 0 Å². The molecule has 196 valence electrons. The van der Waals surface area contributed by atoms with Crippen LogP contribution in [0.4, 0.5) is 24.7 Å². The van der Waals surface area contributed by atoms with Gasteiger partial charge in [0.15, 0.2) is 0 Å². The Balaban J connectivity index is 1.43. The first-order valence-electron chi connectivity index (χ1n) is 12.1. The van der Waals surface area contributed by atoms with Crippen LogP contribution in [0.1, 0.15) is 40.9 Å². The van der Waals surface area contributed by atoms with Gasteiger partial charge in [-0.15, -0.1) is 0 Å². The van der Waals surface area contributed by atoms with E-state index in [1.54, 1.807) is 36.9 Å². The third kappa shape index (κ3) is 5.79. The molecule has 2 aliphatic rings. The number of hydrogen-bond donors (Lipinski definition) is 1. The highest BCUT2D eigenvalue weighted by molar-refractivity contribution is 5.95. The Labute approximate surface area is 208 Å². The molecule has 0 aliphatic carbocycles. The van der Waals surface area contributed by atoms with Crippen molar-refractivity contribution in [2.75, 3.05) is 45.4 Å². The number of aromatic nitrogens is 2. The van der Waals surface area contributed by atoms with E-state index >= 15 is 0 Å². The summed E-state index contributed by atoms with van der Waals surface area (Å²) in [5.74, 6) is 0.183. The molecule has 36 heavy (non-hydrogen) atoms.